The predicted octanol–water partition coefficient (Wildman–Crippen LogP) is 2.70. The first-order chi connectivity index (χ1) is 11.0. The second kappa shape index (κ2) is 7.87. The lowest BCUT2D eigenvalue weighted by Gasteiger charge is -2.19. The van der Waals surface area contributed by atoms with Gasteiger partial charge in [-0.05, 0) is 24.5 Å². The van der Waals surface area contributed by atoms with E-state index in [1.54, 1.807) is 24.7 Å². The molecule has 0 saturated carbocycles. The number of carbonyl (C=O) groups is 2. The Hall–Kier alpha value is -2.21. The summed E-state index contributed by atoms with van der Waals surface area (Å²) in [7, 11) is 1.57. The number of nitrogens with zero attached hydrogens (tertiary/aromatic N) is 1. The van der Waals surface area contributed by atoms with Gasteiger partial charge in [0, 0.05) is 23.6 Å². The molecule has 1 aromatic carbocycles. The Balaban J connectivity index is 2.08. The van der Waals surface area contributed by atoms with E-state index >= 15 is 0 Å². The van der Waals surface area contributed by atoms with Gasteiger partial charge in [0.1, 0.15) is 6.04 Å². The molecule has 6 heteroatoms. The molecule has 23 heavy (non-hydrogen) atoms. The van der Waals surface area contributed by atoms with Crippen LogP contribution in [0.25, 0.3) is 11.3 Å². The molecule has 2 N–H and O–H groups in total. The van der Waals surface area contributed by atoms with Crippen molar-refractivity contribution in [2.75, 3.05) is 7.05 Å². The van der Waals surface area contributed by atoms with Crippen LogP contribution in [0.4, 0.5) is 0 Å². The molecule has 0 aliphatic rings. The maximum absolute atomic E-state index is 12.4. The van der Waals surface area contributed by atoms with Crippen LogP contribution >= 0.6 is 11.3 Å². The summed E-state index contributed by atoms with van der Waals surface area (Å²) in [6.07, 6.45) is 0.600. The van der Waals surface area contributed by atoms with E-state index < -0.39 is 6.04 Å². The number of carbonyl (C=O) groups excluding carboxylic acids is 2. The normalized spacial score (nSPS) is 12.0. The van der Waals surface area contributed by atoms with Crippen molar-refractivity contribution in [2.45, 2.75) is 26.3 Å². The van der Waals surface area contributed by atoms with Gasteiger partial charge in [-0.25, -0.2) is 4.98 Å². The van der Waals surface area contributed by atoms with Gasteiger partial charge in [-0.2, -0.15) is 0 Å². The van der Waals surface area contributed by atoms with Crippen molar-refractivity contribution in [2.24, 2.45) is 5.92 Å². The van der Waals surface area contributed by atoms with Gasteiger partial charge >= 0.3 is 0 Å². The van der Waals surface area contributed by atoms with Crippen LogP contribution in [0.1, 0.15) is 30.6 Å². The average Bonchev–Trinajstić information content (AvgIpc) is 3.07. The Bertz CT molecular complexity index is 651. The number of nitrogens with one attached hydrogen (secondary N) is 2. The lowest BCUT2D eigenvalue weighted by molar-refractivity contribution is -0.122. The van der Waals surface area contributed by atoms with Gasteiger partial charge in [0.25, 0.3) is 5.91 Å². The smallest absolute Gasteiger partial charge is 0.251 e. The molecule has 1 heterocycles. The van der Waals surface area contributed by atoms with Crippen LogP contribution in [0, 0.1) is 5.92 Å². The monoisotopic (exact) mass is 331 g/mol. The number of hydrogen-bond acceptors (Lipinski definition) is 4. The largest absolute Gasteiger partial charge is 0.357 e. The van der Waals surface area contributed by atoms with Crippen LogP contribution < -0.4 is 10.6 Å². The van der Waals surface area contributed by atoms with Gasteiger partial charge in [0.2, 0.25) is 5.91 Å². The average molecular weight is 331 g/mol. The van der Waals surface area contributed by atoms with E-state index in [4.69, 9.17) is 0 Å². The summed E-state index contributed by atoms with van der Waals surface area (Å²) in [6, 6.07) is 6.70. The molecule has 2 rings (SSSR count). The van der Waals surface area contributed by atoms with Crippen LogP contribution in [0.15, 0.2) is 35.2 Å². The molecule has 0 radical (unpaired) electrons. The molecule has 0 bridgehead atoms. The number of thiazole rings is 1. The Labute approximate surface area is 140 Å². The Morgan fingerprint density at radius 2 is 1.91 bits per heavy atom. The van der Waals surface area contributed by atoms with Crippen molar-refractivity contribution in [3.8, 4) is 11.3 Å². The van der Waals surface area contributed by atoms with Crippen molar-refractivity contribution < 1.29 is 9.59 Å². The van der Waals surface area contributed by atoms with E-state index in [0.717, 1.165) is 11.3 Å². The van der Waals surface area contributed by atoms with Crippen molar-refractivity contribution >= 4 is 23.2 Å². The summed E-state index contributed by atoms with van der Waals surface area (Å²) in [5.74, 6) is -0.111. The topological polar surface area (TPSA) is 71.1 Å². The number of likely N-dealkylation sites (N-methyl/N-ethyl adjacent to an activating group) is 1. The van der Waals surface area contributed by atoms with E-state index in [1.165, 1.54) is 11.3 Å². The first-order valence-corrected chi connectivity index (χ1v) is 8.46. The fraction of sp³-hybridized carbons (Fsp3) is 0.353. The zero-order chi connectivity index (χ0) is 16.8. The molecule has 5 nitrogen and oxygen atoms in total. The zero-order valence-corrected chi connectivity index (χ0v) is 14.3. The van der Waals surface area contributed by atoms with Gasteiger partial charge in [-0.15, -0.1) is 11.3 Å². The zero-order valence-electron chi connectivity index (χ0n) is 13.5. The SMILES string of the molecule is CNC(=O)[C@H](CC(C)C)NC(=O)c1ccc(-c2cscn2)cc1. The Morgan fingerprint density at radius 1 is 1.22 bits per heavy atom. The third-order valence-electron chi connectivity index (χ3n) is 3.45. The second-order valence-corrected chi connectivity index (χ2v) is 6.44. The highest BCUT2D eigenvalue weighted by Gasteiger charge is 2.21. The Morgan fingerprint density at radius 3 is 2.43 bits per heavy atom. The first kappa shape index (κ1) is 17.1. The summed E-state index contributed by atoms with van der Waals surface area (Å²) in [5.41, 5.74) is 4.16. The van der Waals surface area contributed by atoms with Crippen molar-refractivity contribution in [1.29, 1.82) is 0 Å². The highest BCUT2D eigenvalue weighted by molar-refractivity contribution is 7.07. The quantitative estimate of drug-likeness (QED) is 0.855. The molecule has 0 unspecified atom stereocenters. The van der Waals surface area contributed by atoms with E-state index in [2.05, 4.69) is 15.6 Å². The number of benzene rings is 1. The van der Waals surface area contributed by atoms with Gasteiger partial charge in [0.05, 0.1) is 11.2 Å². The number of aromatic nitrogens is 1. The maximum atomic E-state index is 12.4. The van der Waals surface area contributed by atoms with Gasteiger partial charge in [-0.3, -0.25) is 9.59 Å². The molecule has 122 valence electrons. The molecular weight excluding hydrogens is 310 g/mol. The second-order valence-electron chi connectivity index (χ2n) is 5.72. The van der Waals surface area contributed by atoms with Crippen LogP contribution in [0.3, 0.4) is 0 Å². The fourth-order valence-electron chi connectivity index (χ4n) is 2.27. The molecule has 2 aromatic rings. The lowest BCUT2D eigenvalue weighted by atomic mass is 10.0. The van der Waals surface area contributed by atoms with Gasteiger partial charge < -0.3 is 10.6 Å². The van der Waals surface area contributed by atoms with Crippen LogP contribution in [0.5, 0.6) is 0 Å². The van der Waals surface area contributed by atoms with E-state index in [0.29, 0.717) is 17.9 Å². The van der Waals surface area contributed by atoms with Crippen molar-refractivity contribution in [3.05, 3.63) is 40.7 Å². The number of amides is 2. The predicted molar refractivity (Wildman–Crippen MR) is 92.3 cm³/mol. The minimum atomic E-state index is -0.522. The van der Waals surface area contributed by atoms with Crippen LogP contribution in [0.2, 0.25) is 0 Å². The van der Waals surface area contributed by atoms with Crippen LogP contribution in [-0.2, 0) is 4.79 Å². The van der Waals surface area contributed by atoms with Crippen molar-refractivity contribution in [1.82, 2.24) is 15.6 Å². The molecular formula is C17H21N3O2S. The fourth-order valence-corrected chi connectivity index (χ4v) is 2.83. The lowest BCUT2D eigenvalue weighted by Crippen LogP contribution is -2.46. The molecule has 0 spiro atoms. The van der Waals surface area contributed by atoms with E-state index in [1.807, 2.05) is 31.4 Å². The molecule has 0 fully saturated rings. The highest BCUT2D eigenvalue weighted by Crippen LogP contribution is 2.19. The number of rotatable bonds is 6. The molecule has 0 aliphatic heterocycles. The van der Waals surface area contributed by atoms with Crippen molar-refractivity contribution in [3.63, 3.8) is 0 Å². The molecule has 1 atom stereocenters. The first-order valence-electron chi connectivity index (χ1n) is 7.52. The van der Waals surface area contributed by atoms with E-state index in [9.17, 15) is 9.59 Å². The third kappa shape index (κ3) is 4.63. The summed E-state index contributed by atoms with van der Waals surface area (Å²) < 4.78 is 0. The molecule has 0 saturated heterocycles. The number of hydrogen-bond donors (Lipinski definition) is 2. The van der Waals surface area contributed by atoms with Crippen LogP contribution in [-0.4, -0.2) is 29.9 Å². The molecule has 1 aromatic heterocycles. The Kier molecular flexibility index (Phi) is 5.87. The maximum Gasteiger partial charge on any atom is 0.251 e. The van der Waals surface area contributed by atoms with Gasteiger partial charge in [0.15, 0.2) is 0 Å². The van der Waals surface area contributed by atoms with E-state index in [-0.39, 0.29) is 11.8 Å². The third-order valence-corrected chi connectivity index (χ3v) is 4.04. The molecule has 2 amide bonds. The highest BCUT2D eigenvalue weighted by atomic mass is 32.1. The summed E-state index contributed by atoms with van der Waals surface area (Å²) >= 11 is 1.53. The summed E-state index contributed by atoms with van der Waals surface area (Å²) in [5, 5.41) is 7.36. The minimum Gasteiger partial charge on any atom is -0.357 e. The summed E-state index contributed by atoms with van der Waals surface area (Å²) in [4.78, 5) is 28.5. The standard InChI is InChI=1S/C17H21N3O2S/c1-11(2)8-14(17(22)18-3)20-16(21)13-6-4-12(5-7-13)15-9-23-10-19-15/h4-7,9-11,14H,8H2,1-3H3,(H,18,22)(H,20,21)/t14-/m0/s1. The minimum absolute atomic E-state index is 0.175. The van der Waals surface area contributed by atoms with Gasteiger partial charge in [-0.1, -0.05) is 26.0 Å². The summed E-state index contributed by atoms with van der Waals surface area (Å²) in [6.45, 7) is 4.04. The molecule has 0 aliphatic carbocycles.